The summed E-state index contributed by atoms with van der Waals surface area (Å²) in [6.07, 6.45) is 0. The van der Waals surface area contributed by atoms with Gasteiger partial charge in [0.05, 0.1) is 11.4 Å². The van der Waals surface area contributed by atoms with E-state index in [2.05, 4.69) is 9.97 Å². The van der Waals surface area contributed by atoms with Crippen molar-refractivity contribution < 1.29 is 15.1 Å². The summed E-state index contributed by atoms with van der Waals surface area (Å²) in [5, 5.41) is 0. The smallest absolute Gasteiger partial charge is 0.324 e. The molecule has 13 heteroatoms. The Morgan fingerprint density at radius 1 is 0.595 bits per heavy atom. The van der Waals surface area contributed by atoms with E-state index < -0.39 is 0 Å². The van der Waals surface area contributed by atoms with Gasteiger partial charge in [0.15, 0.2) is 0 Å². The van der Waals surface area contributed by atoms with Gasteiger partial charge in [-0.05, 0) is 52.5 Å². The van der Waals surface area contributed by atoms with Crippen molar-refractivity contribution in [3.05, 3.63) is 47.8 Å². The van der Waals surface area contributed by atoms with E-state index in [4.69, 9.17) is 0 Å². The van der Waals surface area contributed by atoms with Crippen LogP contribution in [0.3, 0.4) is 0 Å². The van der Waals surface area contributed by atoms with Crippen molar-refractivity contribution >= 4 is 48.5 Å². The summed E-state index contributed by atoms with van der Waals surface area (Å²) in [5.74, 6) is 1.34. The van der Waals surface area contributed by atoms with Crippen molar-refractivity contribution in [1.82, 2.24) is 29.6 Å². The number of anilines is 2. The zero-order chi connectivity index (χ0) is 26.0. The summed E-state index contributed by atoms with van der Waals surface area (Å²) >= 11 is 0. The fourth-order valence-electron chi connectivity index (χ4n) is 2.93. The van der Waals surface area contributed by atoms with Gasteiger partial charge in [-0.15, -0.1) is 24.8 Å². The lowest BCUT2D eigenvalue weighted by Crippen LogP contribution is -2.36. The highest BCUT2D eigenvalue weighted by Crippen LogP contribution is 2.13. The van der Waals surface area contributed by atoms with Crippen LogP contribution in [0.4, 0.5) is 21.2 Å². The van der Waals surface area contributed by atoms with Crippen LogP contribution in [-0.4, -0.2) is 118 Å². The fraction of sp³-hybridized carbons (Fsp3) is 0.500. The van der Waals surface area contributed by atoms with Crippen LogP contribution in [0.2, 0.25) is 0 Å². The van der Waals surface area contributed by atoms with Crippen LogP contribution in [0, 0.1) is 0 Å². The van der Waals surface area contributed by atoms with Gasteiger partial charge in [-0.25, -0.2) is 19.6 Å². The Morgan fingerprint density at radius 3 is 1.14 bits per heavy atom. The highest BCUT2D eigenvalue weighted by atomic mass is 35.5. The minimum Gasteiger partial charge on any atom is -0.412 e. The highest BCUT2D eigenvalue weighted by Gasteiger charge is 2.15. The summed E-state index contributed by atoms with van der Waals surface area (Å²) in [4.78, 5) is 42.7. The number of nitrogens with zero attached hydrogens (tertiary/aromatic N) is 8. The first-order valence-corrected chi connectivity index (χ1v) is 10.9. The van der Waals surface area contributed by atoms with Crippen LogP contribution in [0.15, 0.2) is 36.4 Å². The Hall–Kier alpha value is -2.70. The number of rotatable bonds is 6. The average molecular weight is 564 g/mol. The number of carbonyl (C=O) groups excluding carboxylic acids is 2. The molecule has 11 nitrogen and oxygen atoms in total. The van der Waals surface area contributed by atoms with E-state index in [0.717, 1.165) is 24.5 Å². The third-order valence-corrected chi connectivity index (χ3v) is 4.57. The first-order chi connectivity index (χ1) is 15.8. The van der Waals surface area contributed by atoms with Crippen LogP contribution >= 0.6 is 24.8 Å². The number of pyridine rings is 2. The molecule has 2 aromatic rings. The maximum atomic E-state index is 11.8. The standard InChI is InChI=1S/2C12H20N4O.2ClH.H2O/c2*1-14(2)9-10-7-6-8-11(13-10)16(5)12(17)15(3)4;;;/h2*6-8H,9H2,1-5H3;2*1H;1H2. The van der Waals surface area contributed by atoms with E-state index in [-0.39, 0.29) is 42.4 Å². The topological polar surface area (TPSA) is 111 Å². The molecular formula is C24H44Cl2N8O3. The van der Waals surface area contributed by atoms with E-state index in [9.17, 15) is 9.59 Å². The molecule has 212 valence electrons. The lowest BCUT2D eigenvalue weighted by molar-refractivity contribution is 0.224. The first kappa shape index (κ1) is 38.8. The summed E-state index contributed by atoms with van der Waals surface area (Å²) in [6.45, 7) is 1.52. The third-order valence-electron chi connectivity index (χ3n) is 4.57. The zero-order valence-electron chi connectivity index (χ0n) is 23.6. The number of aromatic nitrogens is 2. The van der Waals surface area contributed by atoms with Gasteiger partial charge >= 0.3 is 12.1 Å². The van der Waals surface area contributed by atoms with Crippen LogP contribution in [0.1, 0.15) is 11.4 Å². The first-order valence-electron chi connectivity index (χ1n) is 10.9. The van der Waals surface area contributed by atoms with Crippen LogP contribution in [0.5, 0.6) is 0 Å². The molecule has 0 fully saturated rings. The zero-order valence-corrected chi connectivity index (χ0v) is 25.2. The predicted molar refractivity (Wildman–Crippen MR) is 156 cm³/mol. The second-order valence-corrected chi connectivity index (χ2v) is 8.92. The van der Waals surface area contributed by atoms with Crippen LogP contribution in [-0.2, 0) is 13.1 Å². The van der Waals surface area contributed by atoms with Crippen molar-refractivity contribution in [1.29, 1.82) is 0 Å². The van der Waals surface area contributed by atoms with Gasteiger partial charge in [0.2, 0.25) is 0 Å². The number of urea groups is 2. The van der Waals surface area contributed by atoms with Crippen molar-refractivity contribution in [2.24, 2.45) is 0 Å². The van der Waals surface area contributed by atoms with Gasteiger partial charge in [-0.2, -0.15) is 0 Å². The molecule has 0 unspecified atom stereocenters. The summed E-state index contributed by atoms with van der Waals surface area (Å²) in [6, 6.07) is 11.2. The Labute approximate surface area is 234 Å². The van der Waals surface area contributed by atoms with Gasteiger partial charge in [-0.3, -0.25) is 9.80 Å². The molecule has 37 heavy (non-hydrogen) atoms. The number of hydrogen-bond donors (Lipinski definition) is 0. The molecule has 2 aromatic heterocycles. The molecule has 0 radical (unpaired) electrons. The molecule has 0 aliphatic carbocycles. The molecule has 0 aromatic carbocycles. The van der Waals surface area contributed by atoms with E-state index >= 15 is 0 Å². The molecule has 0 saturated heterocycles. The molecule has 2 heterocycles. The Balaban J connectivity index is -0.000000578. The molecule has 0 atom stereocenters. The Morgan fingerprint density at radius 2 is 0.892 bits per heavy atom. The molecular weight excluding hydrogens is 519 g/mol. The van der Waals surface area contributed by atoms with Crippen molar-refractivity contribution in [2.45, 2.75) is 13.1 Å². The monoisotopic (exact) mass is 562 g/mol. The molecule has 4 amide bonds. The van der Waals surface area contributed by atoms with E-state index in [1.54, 1.807) is 52.1 Å². The highest BCUT2D eigenvalue weighted by molar-refractivity contribution is 5.90. The number of amides is 4. The lowest BCUT2D eigenvalue weighted by atomic mass is 10.3. The lowest BCUT2D eigenvalue weighted by Gasteiger charge is -2.21. The van der Waals surface area contributed by atoms with Gasteiger partial charge < -0.3 is 25.1 Å². The van der Waals surface area contributed by atoms with E-state index in [0.29, 0.717) is 11.6 Å². The third kappa shape index (κ3) is 13.4. The van der Waals surface area contributed by atoms with Gasteiger partial charge in [-0.1, -0.05) is 12.1 Å². The average Bonchev–Trinajstić information content (AvgIpc) is 2.76. The molecule has 0 saturated carbocycles. The second kappa shape index (κ2) is 18.5. The molecule has 2 N–H and O–H groups in total. The summed E-state index contributed by atoms with van der Waals surface area (Å²) < 4.78 is 0. The number of carbonyl (C=O) groups is 2. The molecule has 0 bridgehead atoms. The maximum Gasteiger partial charge on any atom is 0.324 e. The molecule has 0 aliphatic rings. The van der Waals surface area contributed by atoms with Crippen LogP contribution < -0.4 is 9.80 Å². The van der Waals surface area contributed by atoms with E-state index in [1.807, 2.05) is 74.4 Å². The number of hydrogen-bond acceptors (Lipinski definition) is 6. The van der Waals surface area contributed by atoms with Gasteiger partial charge in [0, 0.05) is 55.4 Å². The minimum atomic E-state index is -0.0838. The molecule has 0 spiro atoms. The largest absolute Gasteiger partial charge is 0.412 e. The normalized spacial score (nSPS) is 9.62. The SMILES string of the molecule is CN(C)Cc1cccc(N(C)C(=O)N(C)C)n1.CN(C)Cc1cccc(N(C)C(=O)N(C)C)n1.Cl.Cl.O. The molecule has 0 aliphatic heterocycles. The molecule has 2 rings (SSSR count). The maximum absolute atomic E-state index is 11.8. The fourth-order valence-corrected chi connectivity index (χ4v) is 2.93. The Kier molecular flexibility index (Phi) is 19.4. The predicted octanol–water partition coefficient (Wildman–Crippen LogP) is 2.54. The Bertz CT molecular complexity index is 870. The minimum absolute atomic E-state index is 0. The van der Waals surface area contributed by atoms with Crippen LogP contribution in [0.25, 0.3) is 0 Å². The summed E-state index contributed by atoms with van der Waals surface area (Å²) in [5.41, 5.74) is 1.90. The van der Waals surface area contributed by atoms with Crippen molar-refractivity contribution in [2.75, 3.05) is 80.3 Å². The van der Waals surface area contributed by atoms with E-state index in [1.165, 1.54) is 9.80 Å². The van der Waals surface area contributed by atoms with Crippen molar-refractivity contribution in [3.8, 4) is 0 Å². The number of halogens is 2. The van der Waals surface area contributed by atoms with Gasteiger partial charge in [0.25, 0.3) is 0 Å². The van der Waals surface area contributed by atoms with Gasteiger partial charge in [0.1, 0.15) is 11.6 Å². The second-order valence-electron chi connectivity index (χ2n) is 8.92. The summed E-state index contributed by atoms with van der Waals surface area (Å²) in [7, 11) is 18.3. The van der Waals surface area contributed by atoms with Crippen molar-refractivity contribution in [3.63, 3.8) is 0 Å². The quantitative estimate of drug-likeness (QED) is 0.534.